The highest BCUT2D eigenvalue weighted by Gasteiger charge is 2.27. The van der Waals surface area contributed by atoms with Crippen LogP contribution in [-0.2, 0) is 0 Å². The molecule has 0 amide bonds. The van der Waals surface area contributed by atoms with Gasteiger partial charge in [-0.05, 0) is 26.1 Å². The van der Waals surface area contributed by atoms with Crippen LogP contribution in [-0.4, -0.2) is 54.1 Å². The predicted octanol–water partition coefficient (Wildman–Crippen LogP) is 1.43. The molecule has 1 aromatic rings. The van der Waals surface area contributed by atoms with E-state index in [0.717, 1.165) is 19.5 Å². The quantitative estimate of drug-likeness (QED) is 0.665. The highest BCUT2D eigenvalue weighted by molar-refractivity contribution is 5.97. The summed E-state index contributed by atoms with van der Waals surface area (Å²) in [5.41, 5.74) is 0.0681. The fourth-order valence-electron chi connectivity index (χ4n) is 2.45. The van der Waals surface area contributed by atoms with Gasteiger partial charge in [0.05, 0.1) is 10.5 Å². The Morgan fingerprint density at radius 3 is 2.70 bits per heavy atom. The normalized spacial score (nSPS) is 16.8. The number of carbonyl (C=O) groups is 1. The van der Waals surface area contributed by atoms with Gasteiger partial charge in [-0.2, -0.15) is 0 Å². The van der Waals surface area contributed by atoms with E-state index in [-0.39, 0.29) is 16.9 Å². The molecule has 0 radical (unpaired) electrons. The van der Waals surface area contributed by atoms with Crippen molar-refractivity contribution in [3.05, 3.63) is 33.9 Å². The second-order valence-electron chi connectivity index (χ2n) is 4.88. The van der Waals surface area contributed by atoms with Crippen LogP contribution in [0.1, 0.15) is 16.8 Å². The first kappa shape index (κ1) is 14.3. The zero-order valence-electron chi connectivity index (χ0n) is 11.3. The Labute approximate surface area is 116 Å². The Kier molecular flexibility index (Phi) is 4.19. The van der Waals surface area contributed by atoms with E-state index in [0.29, 0.717) is 13.1 Å². The number of rotatable bonds is 3. The van der Waals surface area contributed by atoms with Crippen LogP contribution in [0.25, 0.3) is 0 Å². The molecule has 7 heteroatoms. The van der Waals surface area contributed by atoms with Gasteiger partial charge in [0.2, 0.25) is 0 Å². The lowest BCUT2D eigenvalue weighted by atomic mass is 10.1. The molecule has 20 heavy (non-hydrogen) atoms. The number of nitro groups is 1. The number of carboxylic acids is 1. The number of benzene rings is 1. The van der Waals surface area contributed by atoms with Crippen LogP contribution in [0.2, 0.25) is 0 Å². The number of hydrogen-bond acceptors (Lipinski definition) is 5. The summed E-state index contributed by atoms with van der Waals surface area (Å²) in [6.07, 6.45) is 0.849. The molecule has 0 atom stereocenters. The highest BCUT2D eigenvalue weighted by atomic mass is 16.6. The van der Waals surface area contributed by atoms with E-state index in [1.165, 1.54) is 18.2 Å². The first-order valence-electron chi connectivity index (χ1n) is 6.45. The monoisotopic (exact) mass is 279 g/mol. The number of para-hydroxylation sites is 1. The minimum atomic E-state index is -1.14. The molecule has 1 aliphatic rings. The lowest BCUT2D eigenvalue weighted by Crippen LogP contribution is -2.30. The van der Waals surface area contributed by atoms with Crippen LogP contribution in [0.4, 0.5) is 11.4 Å². The van der Waals surface area contributed by atoms with E-state index < -0.39 is 10.9 Å². The average Bonchev–Trinajstić information content (AvgIpc) is 2.62. The predicted molar refractivity (Wildman–Crippen MR) is 74.4 cm³/mol. The maximum Gasteiger partial charge on any atom is 0.338 e. The standard InChI is InChI=1S/C13H17N3O4/c1-14-6-3-7-15(9-8-14)12-10(13(17)18)4-2-5-11(12)16(19)20/h2,4-5H,3,6-9H2,1H3,(H,17,18). The van der Waals surface area contributed by atoms with Crippen molar-refractivity contribution in [2.75, 3.05) is 38.1 Å². The van der Waals surface area contributed by atoms with Crippen molar-refractivity contribution in [3.8, 4) is 0 Å². The van der Waals surface area contributed by atoms with E-state index in [1.807, 2.05) is 11.9 Å². The number of likely N-dealkylation sites (N-methyl/N-ethyl adjacent to an activating group) is 1. The molecule has 1 aliphatic heterocycles. The van der Waals surface area contributed by atoms with Gasteiger partial charge in [-0.1, -0.05) is 6.07 Å². The molecule has 0 aliphatic carbocycles. The van der Waals surface area contributed by atoms with Gasteiger partial charge in [0.15, 0.2) is 0 Å². The molecule has 108 valence electrons. The molecular formula is C13H17N3O4. The summed E-state index contributed by atoms with van der Waals surface area (Å²) < 4.78 is 0. The van der Waals surface area contributed by atoms with E-state index >= 15 is 0 Å². The molecule has 1 heterocycles. The van der Waals surface area contributed by atoms with Gasteiger partial charge < -0.3 is 14.9 Å². The van der Waals surface area contributed by atoms with Gasteiger partial charge in [-0.15, -0.1) is 0 Å². The molecule has 0 saturated carbocycles. The van der Waals surface area contributed by atoms with Crippen LogP contribution >= 0.6 is 0 Å². The summed E-state index contributed by atoms with van der Waals surface area (Å²) in [4.78, 5) is 25.9. The highest BCUT2D eigenvalue weighted by Crippen LogP contribution is 2.32. The number of carboxylic acid groups (broad SMARTS) is 1. The van der Waals surface area contributed by atoms with Gasteiger partial charge in [0.25, 0.3) is 5.69 Å². The topological polar surface area (TPSA) is 86.9 Å². The lowest BCUT2D eigenvalue weighted by Gasteiger charge is -2.24. The van der Waals surface area contributed by atoms with E-state index in [1.54, 1.807) is 0 Å². The molecule has 0 unspecified atom stereocenters. The Hall–Kier alpha value is -2.15. The van der Waals surface area contributed by atoms with Gasteiger partial charge in [0.1, 0.15) is 5.69 Å². The van der Waals surface area contributed by atoms with Crippen molar-refractivity contribution in [2.45, 2.75) is 6.42 Å². The van der Waals surface area contributed by atoms with Crippen molar-refractivity contribution >= 4 is 17.3 Å². The van der Waals surface area contributed by atoms with Crippen LogP contribution in [0.15, 0.2) is 18.2 Å². The summed E-state index contributed by atoms with van der Waals surface area (Å²) in [6, 6.07) is 4.19. The molecule has 0 spiro atoms. The third-order valence-electron chi connectivity index (χ3n) is 3.48. The summed E-state index contributed by atoms with van der Waals surface area (Å²) in [6.45, 7) is 2.86. The summed E-state index contributed by atoms with van der Waals surface area (Å²) in [5, 5.41) is 20.4. The number of nitro benzene ring substituents is 1. The van der Waals surface area contributed by atoms with Crippen LogP contribution in [0.5, 0.6) is 0 Å². The molecule has 0 bridgehead atoms. The van der Waals surface area contributed by atoms with Crippen LogP contribution in [0.3, 0.4) is 0 Å². The fourth-order valence-corrected chi connectivity index (χ4v) is 2.45. The lowest BCUT2D eigenvalue weighted by molar-refractivity contribution is -0.384. The molecule has 1 fully saturated rings. The third-order valence-corrected chi connectivity index (χ3v) is 3.48. The van der Waals surface area contributed by atoms with Crippen molar-refractivity contribution in [1.82, 2.24) is 4.90 Å². The van der Waals surface area contributed by atoms with Crippen LogP contribution in [0, 0.1) is 10.1 Å². The minimum Gasteiger partial charge on any atom is -0.478 e. The number of anilines is 1. The fraction of sp³-hybridized carbons (Fsp3) is 0.462. The van der Waals surface area contributed by atoms with Gasteiger partial charge in [-0.3, -0.25) is 10.1 Å². The molecule has 2 rings (SSSR count). The molecule has 7 nitrogen and oxygen atoms in total. The first-order valence-corrected chi connectivity index (χ1v) is 6.45. The summed E-state index contributed by atoms with van der Waals surface area (Å²) in [7, 11) is 1.99. The number of aromatic carboxylic acids is 1. The second-order valence-corrected chi connectivity index (χ2v) is 4.88. The summed E-state index contributed by atoms with van der Waals surface area (Å²) in [5.74, 6) is -1.14. The van der Waals surface area contributed by atoms with Crippen LogP contribution < -0.4 is 4.90 Å². The molecule has 0 aromatic heterocycles. The van der Waals surface area contributed by atoms with E-state index in [2.05, 4.69) is 4.90 Å². The number of hydrogen-bond donors (Lipinski definition) is 1. The minimum absolute atomic E-state index is 0.0104. The molecule has 1 N–H and O–H groups in total. The summed E-state index contributed by atoms with van der Waals surface area (Å²) >= 11 is 0. The zero-order chi connectivity index (χ0) is 14.7. The SMILES string of the molecule is CN1CCCN(c2c(C(=O)O)cccc2[N+](=O)[O-])CC1. The van der Waals surface area contributed by atoms with Gasteiger partial charge >= 0.3 is 5.97 Å². The Balaban J connectivity index is 2.46. The Morgan fingerprint density at radius 2 is 2.05 bits per heavy atom. The van der Waals surface area contributed by atoms with E-state index in [4.69, 9.17) is 0 Å². The maximum absolute atomic E-state index is 11.3. The zero-order valence-corrected chi connectivity index (χ0v) is 11.3. The second kappa shape index (κ2) is 5.87. The van der Waals surface area contributed by atoms with Crippen molar-refractivity contribution in [1.29, 1.82) is 0 Å². The van der Waals surface area contributed by atoms with Gasteiger partial charge in [0, 0.05) is 25.7 Å². The van der Waals surface area contributed by atoms with Gasteiger partial charge in [-0.25, -0.2) is 4.79 Å². The average molecular weight is 279 g/mol. The third kappa shape index (κ3) is 2.88. The number of nitrogens with zero attached hydrogens (tertiary/aromatic N) is 3. The maximum atomic E-state index is 11.3. The Morgan fingerprint density at radius 1 is 1.30 bits per heavy atom. The van der Waals surface area contributed by atoms with E-state index in [9.17, 15) is 20.0 Å². The van der Waals surface area contributed by atoms with Crippen molar-refractivity contribution in [3.63, 3.8) is 0 Å². The van der Waals surface area contributed by atoms with Crippen molar-refractivity contribution < 1.29 is 14.8 Å². The molecule has 1 saturated heterocycles. The van der Waals surface area contributed by atoms with Crippen molar-refractivity contribution in [2.24, 2.45) is 0 Å². The smallest absolute Gasteiger partial charge is 0.338 e. The molecule has 1 aromatic carbocycles. The first-order chi connectivity index (χ1) is 9.50. The largest absolute Gasteiger partial charge is 0.478 e. The molecular weight excluding hydrogens is 262 g/mol. The Bertz CT molecular complexity index is 500.